The van der Waals surface area contributed by atoms with E-state index >= 15 is 0 Å². The van der Waals surface area contributed by atoms with Crippen LogP contribution in [0.3, 0.4) is 0 Å². The van der Waals surface area contributed by atoms with E-state index in [4.69, 9.17) is 11.6 Å². The molecule has 0 aliphatic carbocycles. The molecule has 1 aromatic carbocycles. The SMILES string of the molecule is CC(CS(C)(=O)=O)N(C)Cc1cnn(-c2ccc(Cl)cc2)c1. The monoisotopic (exact) mass is 341 g/mol. The average molecular weight is 342 g/mol. The summed E-state index contributed by atoms with van der Waals surface area (Å²) in [5, 5.41) is 5.02. The van der Waals surface area contributed by atoms with E-state index in [1.165, 1.54) is 6.26 Å². The van der Waals surface area contributed by atoms with Crippen LogP contribution in [0.5, 0.6) is 0 Å². The highest BCUT2D eigenvalue weighted by Gasteiger charge is 2.16. The zero-order valence-corrected chi connectivity index (χ0v) is 14.5. The van der Waals surface area contributed by atoms with Crippen LogP contribution in [0.4, 0.5) is 0 Å². The smallest absolute Gasteiger partial charge is 0.148 e. The van der Waals surface area contributed by atoms with Crippen molar-refractivity contribution in [2.45, 2.75) is 19.5 Å². The molecule has 5 nitrogen and oxygen atoms in total. The number of halogens is 1. The molecule has 1 unspecified atom stereocenters. The van der Waals surface area contributed by atoms with Gasteiger partial charge in [-0.05, 0) is 38.2 Å². The van der Waals surface area contributed by atoms with Crippen molar-refractivity contribution in [3.05, 3.63) is 47.2 Å². The summed E-state index contributed by atoms with van der Waals surface area (Å²) in [4.78, 5) is 2.00. The van der Waals surface area contributed by atoms with Gasteiger partial charge in [-0.3, -0.25) is 4.90 Å². The molecule has 120 valence electrons. The lowest BCUT2D eigenvalue weighted by Crippen LogP contribution is -2.34. The highest BCUT2D eigenvalue weighted by atomic mass is 35.5. The standard InChI is InChI=1S/C15H20ClN3O2S/c1-12(11-22(3,20)21)18(2)9-13-8-17-19(10-13)15-6-4-14(16)5-7-15/h4-8,10,12H,9,11H2,1-3H3. The summed E-state index contributed by atoms with van der Waals surface area (Å²) in [5.74, 6) is 0.148. The molecule has 2 aromatic rings. The van der Waals surface area contributed by atoms with Crippen molar-refractivity contribution in [1.82, 2.24) is 14.7 Å². The molecule has 0 N–H and O–H groups in total. The molecule has 0 amide bonds. The Bertz CT molecular complexity index is 726. The largest absolute Gasteiger partial charge is 0.298 e. The third kappa shape index (κ3) is 4.83. The van der Waals surface area contributed by atoms with Gasteiger partial charge in [-0.15, -0.1) is 0 Å². The Morgan fingerprint density at radius 2 is 1.95 bits per heavy atom. The molecule has 0 saturated carbocycles. The fourth-order valence-electron chi connectivity index (χ4n) is 2.19. The van der Waals surface area contributed by atoms with E-state index in [9.17, 15) is 8.42 Å². The lowest BCUT2D eigenvalue weighted by atomic mass is 10.3. The summed E-state index contributed by atoms with van der Waals surface area (Å²) >= 11 is 5.88. The molecule has 0 bridgehead atoms. The van der Waals surface area contributed by atoms with E-state index in [0.29, 0.717) is 11.6 Å². The molecule has 0 fully saturated rings. The van der Waals surface area contributed by atoms with Crippen molar-refractivity contribution in [3.63, 3.8) is 0 Å². The van der Waals surface area contributed by atoms with E-state index < -0.39 is 9.84 Å². The summed E-state index contributed by atoms with van der Waals surface area (Å²) in [7, 11) is -1.07. The van der Waals surface area contributed by atoms with Crippen molar-refractivity contribution in [1.29, 1.82) is 0 Å². The van der Waals surface area contributed by atoms with Gasteiger partial charge in [-0.1, -0.05) is 11.6 Å². The van der Waals surface area contributed by atoms with Crippen LogP contribution in [0, 0.1) is 0 Å². The minimum Gasteiger partial charge on any atom is -0.298 e. The van der Waals surface area contributed by atoms with Crippen LogP contribution in [0.2, 0.25) is 5.02 Å². The first-order chi connectivity index (χ1) is 10.2. The molecule has 0 saturated heterocycles. The van der Waals surface area contributed by atoms with Crippen molar-refractivity contribution in [2.24, 2.45) is 0 Å². The lowest BCUT2D eigenvalue weighted by Gasteiger charge is -2.23. The van der Waals surface area contributed by atoms with E-state index in [-0.39, 0.29) is 11.8 Å². The highest BCUT2D eigenvalue weighted by Crippen LogP contribution is 2.14. The van der Waals surface area contributed by atoms with Crippen LogP contribution >= 0.6 is 11.6 Å². The third-order valence-electron chi connectivity index (χ3n) is 3.46. The Morgan fingerprint density at radius 1 is 1.32 bits per heavy atom. The van der Waals surface area contributed by atoms with Crippen LogP contribution in [0.15, 0.2) is 36.7 Å². The number of hydrogen-bond donors (Lipinski definition) is 0. The molecular weight excluding hydrogens is 322 g/mol. The van der Waals surface area contributed by atoms with E-state index in [1.54, 1.807) is 10.9 Å². The second-order valence-electron chi connectivity index (χ2n) is 5.63. The maximum atomic E-state index is 11.4. The van der Waals surface area contributed by atoms with Crippen LogP contribution in [0.25, 0.3) is 5.69 Å². The van der Waals surface area contributed by atoms with Crippen molar-refractivity contribution in [2.75, 3.05) is 19.1 Å². The number of sulfone groups is 1. The van der Waals surface area contributed by atoms with Gasteiger partial charge in [0.25, 0.3) is 0 Å². The molecule has 1 heterocycles. The summed E-state index contributed by atoms with van der Waals surface area (Å²) in [5.41, 5.74) is 1.96. The van der Waals surface area contributed by atoms with E-state index in [1.807, 2.05) is 49.3 Å². The Kier molecular flexibility index (Phi) is 5.26. The minimum absolute atomic E-state index is 0.0473. The summed E-state index contributed by atoms with van der Waals surface area (Å²) in [6.45, 7) is 2.55. The van der Waals surface area contributed by atoms with Gasteiger partial charge in [0, 0.05) is 35.6 Å². The van der Waals surface area contributed by atoms with Gasteiger partial charge in [0.1, 0.15) is 9.84 Å². The molecular formula is C15H20ClN3O2S. The maximum Gasteiger partial charge on any atom is 0.148 e. The topological polar surface area (TPSA) is 55.2 Å². The molecule has 0 aliphatic heterocycles. The highest BCUT2D eigenvalue weighted by molar-refractivity contribution is 7.90. The van der Waals surface area contributed by atoms with Gasteiger partial charge in [-0.25, -0.2) is 13.1 Å². The quantitative estimate of drug-likeness (QED) is 0.809. The number of benzene rings is 1. The second-order valence-corrected chi connectivity index (χ2v) is 8.25. The summed E-state index contributed by atoms with van der Waals surface area (Å²) in [6, 6.07) is 7.38. The molecule has 0 aliphatic rings. The lowest BCUT2D eigenvalue weighted by molar-refractivity contribution is 0.267. The van der Waals surface area contributed by atoms with Gasteiger partial charge < -0.3 is 0 Å². The zero-order chi connectivity index (χ0) is 16.3. The first-order valence-corrected chi connectivity index (χ1v) is 9.36. The van der Waals surface area contributed by atoms with Crippen LogP contribution in [-0.4, -0.2) is 48.2 Å². The summed E-state index contributed by atoms with van der Waals surface area (Å²) < 4.78 is 24.5. The fourth-order valence-corrected chi connectivity index (χ4v) is 3.44. The van der Waals surface area contributed by atoms with Gasteiger partial charge in [0.15, 0.2) is 0 Å². The van der Waals surface area contributed by atoms with E-state index in [2.05, 4.69) is 5.10 Å². The number of hydrogen-bond acceptors (Lipinski definition) is 4. The average Bonchev–Trinajstić information content (AvgIpc) is 2.86. The Hall–Kier alpha value is -1.37. The Labute approximate surface area is 136 Å². The van der Waals surface area contributed by atoms with Crippen molar-refractivity contribution in [3.8, 4) is 5.69 Å². The maximum absolute atomic E-state index is 11.4. The molecule has 7 heteroatoms. The molecule has 1 atom stereocenters. The molecule has 1 aromatic heterocycles. The van der Waals surface area contributed by atoms with Gasteiger partial charge >= 0.3 is 0 Å². The predicted octanol–water partition coefficient (Wildman–Crippen LogP) is 2.39. The predicted molar refractivity (Wildman–Crippen MR) is 89.2 cm³/mol. The second kappa shape index (κ2) is 6.81. The number of rotatable bonds is 6. The van der Waals surface area contributed by atoms with Gasteiger partial charge in [0.2, 0.25) is 0 Å². The fraction of sp³-hybridized carbons (Fsp3) is 0.400. The molecule has 22 heavy (non-hydrogen) atoms. The first-order valence-electron chi connectivity index (χ1n) is 6.92. The Balaban J connectivity index is 2.04. The molecule has 0 radical (unpaired) electrons. The summed E-state index contributed by atoms with van der Waals surface area (Å²) in [6.07, 6.45) is 4.99. The van der Waals surface area contributed by atoms with Crippen LogP contribution < -0.4 is 0 Å². The normalized spacial score (nSPS) is 13.5. The minimum atomic E-state index is -2.98. The van der Waals surface area contributed by atoms with Gasteiger partial charge in [-0.2, -0.15) is 5.10 Å². The van der Waals surface area contributed by atoms with Crippen LogP contribution in [-0.2, 0) is 16.4 Å². The van der Waals surface area contributed by atoms with Crippen LogP contribution in [0.1, 0.15) is 12.5 Å². The molecule has 0 spiro atoms. The third-order valence-corrected chi connectivity index (χ3v) is 4.80. The van der Waals surface area contributed by atoms with E-state index in [0.717, 1.165) is 11.3 Å². The Morgan fingerprint density at radius 3 is 2.55 bits per heavy atom. The van der Waals surface area contributed by atoms with Crippen molar-refractivity contribution < 1.29 is 8.42 Å². The number of nitrogens with zero attached hydrogens (tertiary/aromatic N) is 3. The van der Waals surface area contributed by atoms with Crippen molar-refractivity contribution >= 4 is 21.4 Å². The number of aromatic nitrogens is 2. The zero-order valence-electron chi connectivity index (χ0n) is 12.9. The molecule has 2 rings (SSSR count). The van der Waals surface area contributed by atoms with Gasteiger partial charge in [0.05, 0.1) is 17.6 Å². The first kappa shape index (κ1) is 17.0.